The van der Waals surface area contributed by atoms with Crippen molar-refractivity contribution in [3.63, 3.8) is 0 Å². The molecule has 0 radical (unpaired) electrons. The van der Waals surface area contributed by atoms with Gasteiger partial charge < -0.3 is 14.6 Å². The molecule has 0 spiro atoms. The highest BCUT2D eigenvalue weighted by molar-refractivity contribution is 7.13. The fraction of sp³-hybridized carbons (Fsp3) is 0.529. The van der Waals surface area contributed by atoms with Crippen molar-refractivity contribution in [1.29, 1.82) is 0 Å². The molecule has 3 heterocycles. The van der Waals surface area contributed by atoms with Crippen LogP contribution in [-0.2, 0) is 0 Å². The van der Waals surface area contributed by atoms with Crippen molar-refractivity contribution < 1.29 is 9.21 Å². The van der Waals surface area contributed by atoms with Gasteiger partial charge >= 0.3 is 0 Å². The van der Waals surface area contributed by atoms with Crippen LogP contribution in [0.15, 0.2) is 21.9 Å². The molecule has 0 bridgehead atoms. The first-order valence-electron chi connectivity index (χ1n) is 8.19. The molecule has 132 valence electrons. The van der Waals surface area contributed by atoms with E-state index in [4.69, 9.17) is 4.42 Å². The van der Waals surface area contributed by atoms with Crippen LogP contribution in [-0.4, -0.2) is 42.0 Å². The Balaban J connectivity index is 0.00000208. The highest BCUT2D eigenvalue weighted by Gasteiger charge is 2.25. The van der Waals surface area contributed by atoms with Crippen molar-refractivity contribution in [1.82, 2.24) is 15.2 Å². The lowest BCUT2D eigenvalue weighted by Crippen LogP contribution is -2.40. The Hall–Kier alpha value is -1.37. The number of carbonyl (C=O) groups is 1. The topological polar surface area (TPSA) is 58.4 Å². The predicted octanol–water partition coefficient (Wildman–Crippen LogP) is 3.60. The number of nitrogens with one attached hydrogen (secondary N) is 1. The summed E-state index contributed by atoms with van der Waals surface area (Å²) in [5, 5.41) is 5.99. The van der Waals surface area contributed by atoms with Crippen molar-refractivity contribution in [3.8, 4) is 10.8 Å². The molecule has 1 aliphatic heterocycles. The number of piperidine rings is 1. The number of aryl methyl sites for hydroxylation is 1. The number of nitrogens with zero attached hydrogens (tertiary/aromatic N) is 2. The van der Waals surface area contributed by atoms with Crippen LogP contribution in [0.2, 0.25) is 0 Å². The maximum absolute atomic E-state index is 12.6. The smallest absolute Gasteiger partial charge is 0.273 e. The quantitative estimate of drug-likeness (QED) is 0.874. The Labute approximate surface area is 152 Å². The lowest BCUT2D eigenvalue weighted by atomic mass is 9.96. The van der Waals surface area contributed by atoms with Gasteiger partial charge in [-0.05, 0) is 50.9 Å². The molecule has 0 atom stereocenters. The average Bonchev–Trinajstić information content (AvgIpc) is 3.21. The van der Waals surface area contributed by atoms with Gasteiger partial charge in [-0.3, -0.25) is 4.79 Å². The molecule has 3 rings (SSSR count). The number of amides is 1. The molecule has 1 fully saturated rings. The minimum Gasteiger partial charge on any atom is -0.459 e. The zero-order valence-corrected chi connectivity index (χ0v) is 15.7. The first-order chi connectivity index (χ1) is 11.2. The van der Waals surface area contributed by atoms with Crippen molar-refractivity contribution in [2.45, 2.75) is 26.7 Å². The number of thiazole rings is 1. The second-order valence-electron chi connectivity index (χ2n) is 5.99. The summed E-state index contributed by atoms with van der Waals surface area (Å²) >= 11 is 1.46. The van der Waals surface area contributed by atoms with E-state index in [1.54, 1.807) is 0 Å². The molecule has 2 aromatic heterocycles. The van der Waals surface area contributed by atoms with Gasteiger partial charge in [-0.1, -0.05) is 6.92 Å². The second-order valence-corrected chi connectivity index (χ2v) is 6.85. The molecule has 1 N–H and O–H groups in total. The Morgan fingerprint density at radius 3 is 2.79 bits per heavy atom. The van der Waals surface area contributed by atoms with E-state index in [1.807, 2.05) is 29.3 Å². The van der Waals surface area contributed by atoms with Crippen molar-refractivity contribution in [2.24, 2.45) is 5.92 Å². The Bertz CT molecular complexity index is 662. The van der Waals surface area contributed by atoms with E-state index in [0.717, 1.165) is 55.5 Å². The standard InChI is InChI=1S/C17H23N3O2S.ClH/c1-3-18-10-13-6-8-20(9-7-13)17(21)14-11-23-16(19-14)15-5-4-12(2)22-15;/h4-5,11,13,18H,3,6-10H2,1-2H3;1H. The lowest BCUT2D eigenvalue weighted by Gasteiger charge is -2.31. The fourth-order valence-electron chi connectivity index (χ4n) is 2.89. The minimum atomic E-state index is 0. The van der Waals surface area contributed by atoms with Crippen LogP contribution in [0.5, 0.6) is 0 Å². The van der Waals surface area contributed by atoms with Gasteiger partial charge in [-0.15, -0.1) is 23.7 Å². The predicted molar refractivity (Wildman–Crippen MR) is 99.0 cm³/mol. The van der Waals surface area contributed by atoms with Gasteiger partial charge in [0, 0.05) is 18.5 Å². The van der Waals surface area contributed by atoms with E-state index in [2.05, 4.69) is 17.2 Å². The second kappa shape index (κ2) is 8.65. The molecule has 0 saturated carbocycles. The molecule has 1 amide bonds. The van der Waals surface area contributed by atoms with Crippen LogP contribution < -0.4 is 5.32 Å². The van der Waals surface area contributed by atoms with Gasteiger partial charge in [-0.25, -0.2) is 4.98 Å². The van der Waals surface area contributed by atoms with Crippen molar-refractivity contribution in [3.05, 3.63) is 29.0 Å². The SMILES string of the molecule is CCNCC1CCN(C(=O)c2csc(-c3ccc(C)o3)n2)CC1.Cl. The zero-order chi connectivity index (χ0) is 16.2. The van der Waals surface area contributed by atoms with Gasteiger partial charge in [0.1, 0.15) is 11.5 Å². The summed E-state index contributed by atoms with van der Waals surface area (Å²) < 4.78 is 5.58. The summed E-state index contributed by atoms with van der Waals surface area (Å²) in [5.41, 5.74) is 0.532. The van der Waals surface area contributed by atoms with Crippen LogP contribution in [0.3, 0.4) is 0 Å². The Morgan fingerprint density at radius 2 is 2.17 bits per heavy atom. The number of likely N-dealkylation sites (tertiary alicyclic amines) is 1. The lowest BCUT2D eigenvalue weighted by molar-refractivity contribution is 0.0685. The van der Waals surface area contributed by atoms with Gasteiger partial charge in [-0.2, -0.15) is 0 Å². The first kappa shape index (κ1) is 19.0. The minimum absolute atomic E-state index is 0. The third-order valence-electron chi connectivity index (χ3n) is 4.26. The number of rotatable bonds is 5. The number of carbonyl (C=O) groups excluding carboxylic acids is 1. The van der Waals surface area contributed by atoms with E-state index in [9.17, 15) is 4.79 Å². The van der Waals surface area contributed by atoms with Crippen molar-refractivity contribution >= 4 is 29.7 Å². The summed E-state index contributed by atoms with van der Waals surface area (Å²) in [6.07, 6.45) is 2.13. The van der Waals surface area contributed by atoms with Gasteiger partial charge in [0.2, 0.25) is 0 Å². The zero-order valence-electron chi connectivity index (χ0n) is 14.1. The monoisotopic (exact) mass is 369 g/mol. The molecule has 1 aliphatic rings. The molecule has 24 heavy (non-hydrogen) atoms. The number of hydrogen-bond acceptors (Lipinski definition) is 5. The first-order valence-corrected chi connectivity index (χ1v) is 9.07. The molecule has 2 aromatic rings. The van der Waals surface area contributed by atoms with E-state index >= 15 is 0 Å². The number of aromatic nitrogens is 1. The van der Waals surface area contributed by atoms with Gasteiger partial charge in [0.05, 0.1) is 0 Å². The maximum atomic E-state index is 12.6. The van der Waals surface area contributed by atoms with Crippen LogP contribution >= 0.6 is 23.7 Å². The van der Waals surface area contributed by atoms with Gasteiger partial charge in [0.15, 0.2) is 10.8 Å². The average molecular weight is 370 g/mol. The number of halogens is 1. The molecule has 0 unspecified atom stereocenters. The van der Waals surface area contributed by atoms with Crippen LogP contribution in [0.1, 0.15) is 36.0 Å². The largest absolute Gasteiger partial charge is 0.459 e. The van der Waals surface area contributed by atoms with E-state index < -0.39 is 0 Å². The Kier molecular flexibility index (Phi) is 6.83. The van der Waals surface area contributed by atoms with Crippen LogP contribution in [0, 0.1) is 12.8 Å². The Morgan fingerprint density at radius 1 is 1.42 bits per heavy atom. The molecular weight excluding hydrogens is 346 g/mol. The summed E-state index contributed by atoms with van der Waals surface area (Å²) in [5.74, 6) is 2.30. The molecule has 0 aromatic carbocycles. The van der Waals surface area contributed by atoms with Crippen LogP contribution in [0.4, 0.5) is 0 Å². The third-order valence-corrected chi connectivity index (χ3v) is 5.12. The number of hydrogen-bond donors (Lipinski definition) is 1. The highest BCUT2D eigenvalue weighted by Crippen LogP contribution is 2.26. The summed E-state index contributed by atoms with van der Waals surface area (Å²) in [7, 11) is 0. The van der Waals surface area contributed by atoms with E-state index in [0.29, 0.717) is 11.6 Å². The third kappa shape index (κ3) is 4.37. The number of furan rings is 1. The van der Waals surface area contributed by atoms with Crippen molar-refractivity contribution in [2.75, 3.05) is 26.2 Å². The molecular formula is C17H24ClN3O2S. The normalized spacial score (nSPS) is 15.3. The summed E-state index contributed by atoms with van der Waals surface area (Å²) in [6.45, 7) is 7.73. The van der Waals surface area contributed by atoms with Crippen LogP contribution in [0.25, 0.3) is 10.8 Å². The fourth-order valence-corrected chi connectivity index (χ4v) is 3.64. The highest BCUT2D eigenvalue weighted by atomic mass is 35.5. The molecule has 0 aliphatic carbocycles. The van der Waals surface area contributed by atoms with E-state index in [1.165, 1.54) is 11.3 Å². The molecule has 7 heteroatoms. The summed E-state index contributed by atoms with van der Waals surface area (Å²) in [4.78, 5) is 19.0. The molecule has 1 saturated heterocycles. The molecule has 5 nitrogen and oxygen atoms in total. The maximum Gasteiger partial charge on any atom is 0.273 e. The van der Waals surface area contributed by atoms with E-state index in [-0.39, 0.29) is 18.3 Å². The summed E-state index contributed by atoms with van der Waals surface area (Å²) in [6, 6.07) is 3.81. The van der Waals surface area contributed by atoms with Gasteiger partial charge in [0.25, 0.3) is 5.91 Å².